The normalized spacial score (nSPS) is 26.3. The Balaban J connectivity index is 1.67. The fourth-order valence-electron chi connectivity index (χ4n) is 3.09. The highest BCUT2D eigenvalue weighted by Crippen LogP contribution is 2.28. The van der Waals surface area contributed by atoms with Gasteiger partial charge in [0, 0.05) is 25.7 Å². The van der Waals surface area contributed by atoms with Gasteiger partial charge in [-0.2, -0.15) is 0 Å². The molecule has 1 aromatic rings. The average Bonchev–Trinajstić information content (AvgIpc) is 3.03. The van der Waals surface area contributed by atoms with Gasteiger partial charge in [0.15, 0.2) is 0 Å². The van der Waals surface area contributed by atoms with E-state index in [4.69, 9.17) is 16.3 Å². The van der Waals surface area contributed by atoms with Crippen LogP contribution in [0, 0.1) is 0 Å². The van der Waals surface area contributed by atoms with Crippen LogP contribution in [-0.2, 0) is 14.8 Å². The number of piperidine rings is 1. The van der Waals surface area contributed by atoms with Gasteiger partial charge >= 0.3 is 0 Å². The first-order chi connectivity index (χ1) is 10.6. The predicted octanol–water partition coefficient (Wildman–Crippen LogP) is 2.02. The van der Waals surface area contributed by atoms with Crippen molar-refractivity contribution in [3.05, 3.63) is 29.3 Å². The Morgan fingerprint density at radius 2 is 2.09 bits per heavy atom. The number of halogens is 1. The minimum Gasteiger partial charge on any atom is -0.380 e. The van der Waals surface area contributed by atoms with Gasteiger partial charge in [0.25, 0.3) is 0 Å². The van der Waals surface area contributed by atoms with Crippen LogP contribution in [0.5, 0.6) is 0 Å². The van der Waals surface area contributed by atoms with E-state index in [2.05, 4.69) is 9.62 Å². The molecule has 1 N–H and O–H groups in total. The lowest BCUT2D eigenvalue weighted by Crippen LogP contribution is -2.50. The van der Waals surface area contributed by atoms with E-state index in [1.807, 2.05) is 24.3 Å². The van der Waals surface area contributed by atoms with Gasteiger partial charge in [-0.15, -0.1) is 0 Å². The quantitative estimate of drug-likeness (QED) is 0.907. The molecule has 2 aliphatic rings. The molecule has 0 bridgehead atoms. The summed E-state index contributed by atoms with van der Waals surface area (Å²) in [7, 11) is -3.31. The highest BCUT2D eigenvalue weighted by molar-refractivity contribution is 7.90. The number of benzene rings is 1. The molecule has 2 unspecified atom stereocenters. The van der Waals surface area contributed by atoms with Gasteiger partial charge in [-0.25, -0.2) is 13.1 Å². The summed E-state index contributed by atoms with van der Waals surface area (Å²) in [6.45, 7) is 2.38. The van der Waals surface area contributed by atoms with E-state index in [1.54, 1.807) is 0 Å². The molecule has 2 atom stereocenters. The SMILES string of the molecule is O=S(=O)(NC1CCCN(c2ccccc2Cl)C1)C1CCOC1. The zero-order chi connectivity index (χ0) is 15.6. The van der Waals surface area contributed by atoms with Crippen molar-refractivity contribution in [1.82, 2.24) is 4.72 Å². The smallest absolute Gasteiger partial charge is 0.217 e. The van der Waals surface area contributed by atoms with Crippen molar-refractivity contribution in [3.8, 4) is 0 Å². The standard InChI is InChI=1S/C15H21ClN2O3S/c16-14-5-1-2-6-15(14)18-8-3-4-12(10-18)17-22(19,20)13-7-9-21-11-13/h1-2,5-6,12-13,17H,3-4,7-11H2. The maximum Gasteiger partial charge on any atom is 0.217 e. The second-order valence-corrected chi connectivity index (χ2v) is 8.28. The van der Waals surface area contributed by atoms with Gasteiger partial charge in [-0.3, -0.25) is 0 Å². The summed E-state index contributed by atoms with van der Waals surface area (Å²) in [6.07, 6.45) is 2.38. The molecule has 1 aromatic carbocycles. The lowest BCUT2D eigenvalue weighted by molar-refractivity contribution is 0.198. The third-order valence-electron chi connectivity index (χ3n) is 4.27. The van der Waals surface area contributed by atoms with Crippen LogP contribution in [0.25, 0.3) is 0 Å². The zero-order valence-corrected chi connectivity index (χ0v) is 13.9. The summed E-state index contributed by atoms with van der Waals surface area (Å²) < 4.78 is 32.8. The van der Waals surface area contributed by atoms with Crippen molar-refractivity contribution >= 4 is 27.3 Å². The Hall–Kier alpha value is -0.820. The van der Waals surface area contributed by atoms with E-state index in [9.17, 15) is 8.42 Å². The molecular formula is C15H21ClN2O3S. The van der Waals surface area contributed by atoms with Gasteiger partial charge < -0.3 is 9.64 Å². The predicted molar refractivity (Wildman–Crippen MR) is 88.0 cm³/mol. The molecule has 3 rings (SSSR count). The number of nitrogens with zero attached hydrogens (tertiary/aromatic N) is 1. The number of para-hydroxylation sites is 1. The zero-order valence-electron chi connectivity index (χ0n) is 12.4. The lowest BCUT2D eigenvalue weighted by atomic mass is 10.1. The van der Waals surface area contributed by atoms with Crippen LogP contribution < -0.4 is 9.62 Å². The Bertz CT molecular complexity index is 617. The molecule has 0 amide bonds. The van der Waals surface area contributed by atoms with Gasteiger partial charge in [-0.1, -0.05) is 23.7 Å². The van der Waals surface area contributed by atoms with Crippen LogP contribution in [-0.4, -0.2) is 46.0 Å². The number of hydrogen-bond acceptors (Lipinski definition) is 4. The van der Waals surface area contributed by atoms with Gasteiger partial charge in [0.05, 0.1) is 17.3 Å². The van der Waals surface area contributed by atoms with Crippen LogP contribution in [0.1, 0.15) is 19.3 Å². The van der Waals surface area contributed by atoms with E-state index in [-0.39, 0.29) is 6.04 Å². The number of ether oxygens (including phenoxy) is 1. The number of sulfonamides is 1. The lowest BCUT2D eigenvalue weighted by Gasteiger charge is -2.35. The highest BCUT2D eigenvalue weighted by Gasteiger charge is 2.33. The first-order valence-corrected chi connectivity index (χ1v) is 9.57. The molecule has 122 valence electrons. The molecule has 5 nitrogen and oxygen atoms in total. The van der Waals surface area contributed by atoms with Gasteiger partial charge in [-0.05, 0) is 31.4 Å². The molecular weight excluding hydrogens is 324 g/mol. The number of anilines is 1. The Morgan fingerprint density at radius 3 is 2.82 bits per heavy atom. The second kappa shape index (κ2) is 6.74. The Morgan fingerprint density at radius 1 is 1.27 bits per heavy atom. The average molecular weight is 345 g/mol. The number of rotatable bonds is 4. The molecule has 0 radical (unpaired) electrons. The third kappa shape index (κ3) is 3.56. The molecule has 0 aromatic heterocycles. The highest BCUT2D eigenvalue weighted by atomic mass is 35.5. The first-order valence-electron chi connectivity index (χ1n) is 7.64. The summed E-state index contributed by atoms with van der Waals surface area (Å²) in [5.41, 5.74) is 0.970. The van der Waals surface area contributed by atoms with E-state index < -0.39 is 15.3 Å². The largest absolute Gasteiger partial charge is 0.380 e. The minimum absolute atomic E-state index is 0.0735. The van der Waals surface area contributed by atoms with Crippen molar-refractivity contribution in [1.29, 1.82) is 0 Å². The second-order valence-electron chi connectivity index (χ2n) is 5.89. The Labute approximate surface area is 136 Å². The maximum atomic E-state index is 12.4. The summed E-state index contributed by atoms with van der Waals surface area (Å²) in [5.74, 6) is 0. The molecule has 2 fully saturated rings. The van der Waals surface area contributed by atoms with Crippen molar-refractivity contribution < 1.29 is 13.2 Å². The van der Waals surface area contributed by atoms with Crippen molar-refractivity contribution in [2.24, 2.45) is 0 Å². The van der Waals surface area contributed by atoms with E-state index >= 15 is 0 Å². The fraction of sp³-hybridized carbons (Fsp3) is 0.600. The van der Waals surface area contributed by atoms with Crippen LogP contribution in [0.2, 0.25) is 5.02 Å². The maximum absolute atomic E-state index is 12.4. The molecule has 0 saturated carbocycles. The molecule has 0 spiro atoms. The molecule has 2 aliphatic heterocycles. The minimum atomic E-state index is -3.31. The van der Waals surface area contributed by atoms with Crippen LogP contribution in [0.3, 0.4) is 0 Å². The van der Waals surface area contributed by atoms with E-state index in [1.165, 1.54) is 0 Å². The fourth-order valence-corrected chi connectivity index (χ4v) is 4.87. The van der Waals surface area contributed by atoms with Crippen molar-refractivity contribution in [2.75, 3.05) is 31.2 Å². The topological polar surface area (TPSA) is 58.6 Å². The van der Waals surface area contributed by atoms with Crippen LogP contribution >= 0.6 is 11.6 Å². The summed E-state index contributed by atoms with van der Waals surface area (Å²) >= 11 is 6.25. The van der Waals surface area contributed by atoms with Crippen LogP contribution in [0.15, 0.2) is 24.3 Å². The summed E-state index contributed by atoms with van der Waals surface area (Å²) in [4.78, 5) is 2.16. The van der Waals surface area contributed by atoms with Crippen LogP contribution in [0.4, 0.5) is 5.69 Å². The molecule has 7 heteroatoms. The molecule has 2 saturated heterocycles. The Kier molecular flexibility index (Phi) is 4.92. The molecule has 2 heterocycles. The summed E-state index contributed by atoms with van der Waals surface area (Å²) in [6, 6.07) is 7.61. The van der Waals surface area contributed by atoms with E-state index in [0.29, 0.717) is 31.2 Å². The van der Waals surface area contributed by atoms with E-state index in [0.717, 1.165) is 25.1 Å². The number of hydrogen-bond donors (Lipinski definition) is 1. The first kappa shape index (κ1) is 16.1. The summed E-state index contributed by atoms with van der Waals surface area (Å²) in [5, 5.41) is 0.290. The molecule has 22 heavy (non-hydrogen) atoms. The van der Waals surface area contributed by atoms with Gasteiger partial charge in [0.2, 0.25) is 10.0 Å². The monoisotopic (exact) mass is 344 g/mol. The van der Waals surface area contributed by atoms with Gasteiger partial charge in [0.1, 0.15) is 5.25 Å². The number of nitrogens with one attached hydrogen (secondary N) is 1. The third-order valence-corrected chi connectivity index (χ3v) is 6.50. The van der Waals surface area contributed by atoms with Crippen molar-refractivity contribution in [2.45, 2.75) is 30.6 Å². The molecule has 0 aliphatic carbocycles. The van der Waals surface area contributed by atoms with Crippen molar-refractivity contribution in [3.63, 3.8) is 0 Å².